The fraction of sp³-hybridized carbons (Fsp3) is 0.500. The molecule has 5 nitrogen and oxygen atoms in total. The lowest BCUT2D eigenvalue weighted by molar-refractivity contribution is -0.120. The molecule has 0 spiro atoms. The number of carbonyl (C=O) groups excluding carboxylic acids is 2. The van der Waals surface area contributed by atoms with Gasteiger partial charge < -0.3 is 10.6 Å². The van der Waals surface area contributed by atoms with Crippen molar-refractivity contribution in [2.75, 3.05) is 5.32 Å². The zero-order chi connectivity index (χ0) is 16.1. The van der Waals surface area contributed by atoms with E-state index >= 15 is 0 Å². The van der Waals surface area contributed by atoms with Crippen LogP contribution in [-0.4, -0.2) is 24.0 Å². The molecular weight excluding hydrogens is 346 g/mol. The second-order valence-electron chi connectivity index (χ2n) is 5.77. The van der Waals surface area contributed by atoms with E-state index in [0.717, 1.165) is 41.4 Å². The minimum absolute atomic E-state index is 0.199. The third kappa shape index (κ3) is 4.73. The van der Waals surface area contributed by atoms with Gasteiger partial charge in [0.05, 0.1) is 0 Å². The monoisotopic (exact) mass is 367 g/mol. The first kappa shape index (κ1) is 16.8. The van der Waals surface area contributed by atoms with Gasteiger partial charge in [0.15, 0.2) is 0 Å². The standard InChI is InChI=1S/C16H22BrN3O2/c1-10-9-13(7-8-14(10)17)18-11(2)15(21)20-16(22)19-12-5-3-4-6-12/h7-9,11-12,18H,3-6H2,1-2H3,(H2,19,20,21,22)/t11-/m1/s1. The summed E-state index contributed by atoms with van der Waals surface area (Å²) < 4.78 is 1.02. The van der Waals surface area contributed by atoms with E-state index in [9.17, 15) is 9.59 Å². The summed E-state index contributed by atoms with van der Waals surface area (Å²) in [6, 6.07) is 5.07. The number of aryl methyl sites for hydroxylation is 1. The van der Waals surface area contributed by atoms with E-state index in [1.165, 1.54) is 0 Å². The molecule has 1 aliphatic carbocycles. The molecule has 22 heavy (non-hydrogen) atoms. The topological polar surface area (TPSA) is 70.2 Å². The van der Waals surface area contributed by atoms with Crippen LogP contribution in [0.15, 0.2) is 22.7 Å². The third-order valence-electron chi connectivity index (χ3n) is 3.86. The molecule has 120 valence electrons. The largest absolute Gasteiger partial charge is 0.374 e. The van der Waals surface area contributed by atoms with Gasteiger partial charge in [-0.25, -0.2) is 4.79 Å². The summed E-state index contributed by atoms with van der Waals surface area (Å²) in [5.41, 5.74) is 1.93. The van der Waals surface area contributed by atoms with E-state index in [-0.39, 0.29) is 11.9 Å². The predicted molar refractivity (Wildman–Crippen MR) is 90.9 cm³/mol. The van der Waals surface area contributed by atoms with Gasteiger partial charge in [0.25, 0.3) is 0 Å². The Morgan fingerprint density at radius 1 is 1.27 bits per heavy atom. The van der Waals surface area contributed by atoms with Crippen LogP contribution in [-0.2, 0) is 4.79 Å². The Balaban J connectivity index is 1.83. The Hall–Kier alpha value is -1.56. The maximum atomic E-state index is 12.0. The number of imide groups is 1. The summed E-state index contributed by atoms with van der Waals surface area (Å²) in [5.74, 6) is -0.337. The van der Waals surface area contributed by atoms with Crippen LogP contribution >= 0.6 is 15.9 Å². The summed E-state index contributed by atoms with van der Waals surface area (Å²) in [4.78, 5) is 23.8. The molecule has 1 aliphatic rings. The molecule has 0 aliphatic heterocycles. The highest BCUT2D eigenvalue weighted by Crippen LogP contribution is 2.20. The maximum Gasteiger partial charge on any atom is 0.321 e. The molecule has 1 atom stereocenters. The molecule has 1 saturated carbocycles. The number of benzene rings is 1. The summed E-state index contributed by atoms with van der Waals surface area (Å²) in [6.45, 7) is 3.71. The molecule has 1 aromatic carbocycles. The van der Waals surface area contributed by atoms with Gasteiger partial charge in [-0.05, 0) is 50.5 Å². The molecule has 0 unspecified atom stereocenters. The number of carbonyl (C=O) groups is 2. The van der Waals surface area contributed by atoms with Crippen molar-refractivity contribution >= 4 is 33.6 Å². The first-order valence-electron chi connectivity index (χ1n) is 7.60. The number of halogens is 1. The van der Waals surface area contributed by atoms with Crippen molar-refractivity contribution in [1.82, 2.24) is 10.6 Å². The molecule has 6 heteroatoms. The van der Waals surface area contributed by atoms with Gasteiger partial charge in [-0.3, -0.25) is 10.1 Å². The van der Waals surface area contributed by atoms with Gasteiger partial charge in [-0.2, -0.15) is 0 Å². The van der Waals surface area contributed by atoms with Gasteiger partial charge in [-0.15, -0.1) is 0 Å². The minimum Gasteiger partial charge on any atom is -0.374 e. The lowest BCUT2D eigenvalue weighted by Gasteiger charge is -2.17. The van der Waals surface area contributed by atoms with Crippen molar-refractivity contribution in [3.8, 4) is 0 Å². The van der Waals surface area contributed by atoms with Crippen LogP contribution in [0.5, 0.6) is 0 Å². The van der Waals surface area contributed by atoms with Crippen LogP contribution in [0, 0.1) is 6.92 Å². The Labute approximate surface area is 139 Å². The molecule has 2 rings (SSSR count). The van der Waals surface area contributed by atoms with Crippen molar-refractivity contribution in [2.45, 2.75) is 51.6 Å². The van der Waals surface area contributed by atoms with Crippen molar-refractivity contribution in [3.63, 3.8) is 0 Å². The van der Waals surface area contributed by atoms with Crippen molar-refractivity contribution in [3.05, 3.63) is 28.2 Å². The van der Waals surface area contributed by atoms with Gasteiger partial charge in [-0.1, -0.05) is 28.8 Å². The normalized spacial score (nSPS) is 16.1. The van der Waals surface area contributed by atoms with Gasteiger partial charge in [0.2, 0.25) is 5.91 Å². The van der Waals surface area contributed by atoms with E-state index in [0.29, 0.717) is 0 Å². The number of amides is 3. The van der Waals surface area contributed by atoms with Crippen molar-refractivity contribution in [2.24, 2.45) is 0 Å². The second-order valence-corrected chi connectivity index (χ2v) is 6.63. The number of anilines is 1. The number of rotatable bonds is 4. The van der Waals surface area contributed by atoms with E-state index < -0.39 is 12.1 Å². The number of hydrogen-bond acceptors (Lipinski definition) is 3. The third-order valence-corrected chi connectivity index (χ3v) is 4.75. The number of urea groups is 1. The van der Waals surface area contributed by atoms with Crippen molar-refractivity contribution in [1.29, 1.82) is 0 Å². The highest BCUT2D eigenvalue weighted by atomic mass is 79.9. The highest BCUT2D eigenvalue weighted by molar-refractivity contribution is 9.10. The molecule has 3 N–H and O–H groups in total. The Morgan fingerprint density at radius 2 is 1.95 bits per heavy atom. The quantitative estimate of drug-likeness (QED) is 0.764. The van der Waals surface area contributed by atoms with E-state index in [1.807, 2.05) is 25.1 Å². The Kier molecular flexibility index (Phi) is 5.83. The van der Waals surface area contributed by atoms with Crippen LogP contribution in [0.2, 0.25) is 0 Å². The minimum atomic E-state index is -0.491. The molecule has 0 saturated heterocycles. The SMILES string of the molecule is Cc1cc(N[C@H](C)C(=O)NC(=O)NC2CCCC2)ccc1Br. The Bertz CT molecular complexity index is 556. The van der Waals surface area contributed by atoms with E-state index in [2.05, 4.69) is 31.9 Å². The fourth-order valence-electron chi connectivity index (χ4n) is 2.56. The molecule has 0 heterocycles. The van der Waals surface area contributed by atoms with Gasteiger partial charge in [0, 0.05) is 16.2 Å². The summed E-state index contributed by atoms with van der Waals surface area (Å²) in [7, 11) is 0. The first-order chi connectivity index (χ1) is 10.5. The van der Waals surface area contributed by atoms with Crippen LogP contribution in [0.1, 0.15) is 38.2 Å². The van der Waals surface area contributed by atoms with Gasteiger partial charge >= 0.3 is 6.03 Å². The smallest absolute Gasteiger partial charge is 0.321 e. The van der Waals surface area contributed by atoms with Crippen LogP contribution in [0.3, 0.4) is 0 Å². The number of hydrogen-bond donors (Lipinski definition) is 3. The fourth-order valence-corrected chi connectivity index (χ4v) is 2.81. The molecule has 0 radical (unpaired) electrons. The zero-order valence-electron chi connectivity index (χ0n) is 12.9. The van der Waals surface area contributed by atoms with Crippen LogP contribution < -0.4 is 16.0 Å². The molecular formula is C16H22BrN3O2. The summed E-state index contributed by atoms with van der Waals surface area (Å²) >= 11 is 3.44. The second kappa shape index (κ2) is 7.63. The summed E-state index contributed by atoms with van der Waals surface area (Å²) in [5, 5.41) is 8.33. The molecule has 3 amide bonds. The first-order valence-corrected chi connectivity index (χ1v) is 8.39. The highest BCUT2D eigenvalue weighted by Gasteiger charge is 2.20. The average Bonchev–Trinajstić information content (AvgIpc) is 2.95. The van der Waals surface area contributed by atoms with Crippen LogP contribution in [0.25, 0.3) is 0 Å². The molecule has 1 aromatic rings. The summed E-state index contributed by atoms with van der Waals surface area (Å²) in [6.07, 6.45) is 4.26. The molecule has 0 bridgehead atoms. The number of nitrogens with one attached hydrogen (secondary N) is 3. The maximum absolute atomic E-state index is 12.0. The zero-order valence-corrected chi connectivity index (χ0v) is 14.5. The molecule has 0 aromatic heterocycles. The van der Waals surface area contributed by atoms with Crippen LogP contribution in [0.4, 0.5) is 10.5 Å². The van der Waals surface area contributed by atoms with E-state index in [4.69, 9.17) is 0 Å². The lowest BCUT2D eigenvalue weighted by Crippen LogP contribution is -2.48. The lowest BCUT2D eigenvalue weighted by atomic mass is 10.2. The Morgan fingerprint density at radius 3 is 2.59 bits per heavy atom. The predicted octanol–water partition coefficient (Wildman–Crippen LogP) is 3.33. The van der Waals surface area contributed by atoms with Crippen molar-refractivity contribution < 1.29 is 9.59 Å². The average molecular weight is 368 g/mol. The molecule has 1 fully saturated rings. The van der Waals surface area contributed by atoms with E-state index in [1.54, 1.807) is 6.92 Å². The van der Waals surface area contributed by atoms with Gasteiger partial charge in [0.1, 0.15) is 6.04 Å².